The van der Waals surface area contributed by atoms with E-state index in [9.17, 15) is 14.7 Å². The van der Waals surface area contributed by atoms with Gasteiger partial charge < -0.3 is 25.2 Å². The number of carbonyl (C=O) groups excluding carboxylic acids is 2. The van der Waals surface area contributed by atoms with Crippen LogP contribution in [0.1, 0.15) is 55.4 Å². The molecule has 0 aromatic heterocycles. The van der Waals surface area contributed by atoms with Crippen LogP contribution in [0.15, 0.2) is 102 Å². The van der Waals surface area contributed by atoms with E-state index in [-0.39, 0.29) is 36.5 Å². The maximum absolute atomic E-state index is 11.5. The number of thioether (sulfide) groups is 1. The third-order valence-corrected chi connectivity index (χ3v) is 8.85. The summed E-state index contributed by atoms with van der Waals surface area (Å²) >= 11 is 1.71. The third-order valence-electron chi connectivity index (χ3n) is 7.75. The first-order valence-electron chi connectivity index (χ1n) is 14.7. The summed E-state index contributed by atoms with van der Waals surface area (Å²) in [4.78, 5) is 24.0. The lowest BCUT2D eigenvalue weighted by Crippen LogP contribution is -2.38. The highest BCUT2D eigenvalue weighted by Gasteiger charge is 2.38. The van der Waals surface area contributed by atoms with Crippen LogP contribution in [-0.4, -0.2) is 28.8 Å². The Morgan fingerprint density at radius 3 is 2.16 bits per heavy atom. The van der Waals surface area contributed by atoms with Gasteiger partial charge in [-0.1, -0.05) is 79.7 Å². The zero-order valence-electron chi connectivity index (χ0n) is 25.2. The molecule has 228 valence electrons. The van der Waals surface area contributed by atoms with Crippen molar-refractivity contribution in [3.8, 4) is 11.1 Å². The van der Waals surface area contributed by atoms with E-state index in [0.717, 1.165) is 49.7 Å². The molecule has 1 heterocycles. The minimum atomic E-state index is -0.565. The minimum absolute atomic E-state index is 0.00657. The van der Waals surface area contributed by atoms with Crippen molar-refractivity contribution < 1.29 is 24.2 Å². The first kappa shape index (κ1) is 31.5. The number of nitrogens with one attached hydrogen (secondary N) is 2. The van der Waals surface area contributed by atoms with Crippen LogP contribution in [0.4, 0.5) is 5.69 Å². The summed E-state index contributed by atoms with van der Waals surface area (Å²) in [6.45, 7) is 5.63. The van der Waals surface area contributed by atoms with Gasteiger partial charge in [0.2, 0.25) is 11.8 Å². The molecule has 0 spiro atoms. The number of hydrogen-bond acceptors (Lipinski definition) is 6. The van der Waals surface area contributed by atoms with Crippen molar-refractivity contribution >= 4 is 29.3 Å². The predicted molar refractivity (Wildman–Crippen MR) is 174 cm³/mol. The van der Waals surface area contributed by atoms with E-state index in [0.29, 0.717) is 6.54 Å². The van der Waals surface area contributed by atoms with Gasteiger partial charge in [0.25, 0.3) is 0 Å². The molecule has 0 aliphatic carbocycles. The molecule has 44 heavy (non-hydrogen) atoms. The minimum Gasteiger partial charge on any atom is -0.392 e. The number of ether oxygens (including phenoxy) is 2. The van der Waals surface area contributed by atoms with E-state index in [1.54, 1.807) is 11.8 Å². The van der Waals surface area contributed by atoms with Crippen molar-refractivity contribution in [3.63, 3.8) is 0 Å². The molecule has 5 rings (SSSR count). The lowest BCUT2D eigenvalue weighted by molar-refractivity contribution is -0.268. The van der Waals surface area contributed by atoms with E-state index in [1.807, 2.05) is 78.9 Å². The molecule has 0 saturated carbocycles. The number of benzene rings is 4. The zero-order valence-corrected chi connectivity index (χ0v) is 26.0. The third kappa shape index (κ3) is 7.95. The quantitative estimate of drug-likeness (QED) is 0.167. The first-order valence-corrected chi connectivity index (χ1v) is 15.7. The van der Waals surface area contributed by atoms with Gasteiger partial charge in [-0.05, 0) is 52.1 Å². The van der Waals surface area contributed by atoms with Crippen LogP contribution in [0.25, 0.3) is 11.1 Å². The number of rotatable bonds is 10. The molecule has 0 unspecified atom stereocenters. The van der Waals surface area contributed by atoms with E-state index in [4.69, 9.17) is 9.47 Å². The molecule has 1 saturated heterocycles. The fourth-order valence-electron chi connectivity index (χ4n) is 5.32. The van der Waals surface area contributed by atoms with Gasteiger partial charge in [0.05, 0.1) is 18.8 Å². The zero-order chi connectivity index (χ0) is 31.1. The Morgan fingerprint density at radius 1 is 0.818 bits per heavy atom. The van der Waals surface area contributed by atoms with Crippen LogP contribution in [0.2, 0.25) is 0 Å². The van der Waals surface area contributed by atoms with Crippen LogP contribution in [0, 0.1) is 5.92 Å². The SMILES string of the molecule is CC(=O)NCc1ccccc1-c1ccc([C@H]2O[C@@H](CSc3ccc(NC(C)=O)cc3)[C@@H](C)[C@@H](c3ccc(CO)cc3)O2)cc1. The molecular formula is C36H38N2O5S. The molecule has 1 aliphatic heterocycles. The Hall–Kier alpha value is -3.95. The average molecular weight is 611 g/mol. The van der Waals surface area contributed by atoms with Crippen molar-refractivity contribution in [3.05, 3.63) is 119 Å². The molecule has 2 amide bonds. The topological polar surface area (TPSA) is 96.9 Å². The molecule has 1 fully saturated rings. The van der Waals surface area contributed by atoms with Crippen LogP contribution >= 0.6 is 11.8 Å². The second kappa shape index (κ2) is 14.7. The van der Waals surface area contributed by atoms with Crippen molar-refractivity contribution in [1.29, 1.82) is 0 Å². The van der Waals surface area contributed by atoms with Gasteiger partial charge >= 0.3 is 0 Å². The molecule has 1 aliphatic rings. The van der Waals surface area contributed by atoms with E-state index < -0.39 is 6.29 Å². The van der Waals surface area contributed by atoms with Gasteiger partial charge in [-0.15, -0.1) is 11.8 Å². The molecule has 4 aromatic carbocycles. The fourth-order valence-corrected chi connectivity index (χ4v) is 6.39. The molecule has 7 nitrogen and oxygen atoms in total. The van der Waals surface area contributed by atoms with Crippen LogP contribution < -0.4 is 10.6 Å². The number of hydrogen-bond donors (Lipinski definition) is 3. The number of aliphatic hydroxyl groups excluding tert-OH is 1. The summed E-state index contributed by atoms with van der Waals surface area (Å²) in [7, 11) is 0. The Morgan fingerprint density at radius 2 is 1.50 bits per heavy atom. The fraction of sp³-hybridized carbons (Fsp3) is 0.278. The van der Waals surface area contributed by atoms with E-state index >= 15 is 0 Å². The van der Waals surface area contributed by atoms with E-state index in [2.05, 4.69) is 35.8 Å². The lowest BCUT2D eigenvalue weighted by Gasteiger charge is -2.41. The molecule has 4 atom stereocenters. The maximum atomic E-state index is 11.5. The van der Waals surface area contributed by atoms with Gasteiger partial charge in [0, 0.05) is 48.2 Å². The highest BCUT2D eigenvalue weighted by molar-refractivity contribution is 7.99. The van der Waals surface area contributed by atoms with Gasteiger partial charge in [-0.25, -0.2) is 0 Å². The second-order valence-corrected chi connectivity index (χ2v) is 12.1. The van der Waals surface area contributed by atoms with Gasteiger partial charge in [0.15, 0.2) is 6.29 Å². The highest BCUT2D eigenvalue weighted by Crippen LogP contribution is 2.43. The molecule has 0 radical (unpaired) electrons. The first-order chi connectivity index (χ1) is 21.3. The Kier molecular flexibility index (Phi) is 10.5. The Balaban J connectivity index is 1.36. The number of carbonyl (C=O) groups is 2. The van der Waals surface area contributed by atoms with Gasteiger partial charge in [-0.2, -0.15) is 0 Å². The summed E-state index contributed by atoms with van der Waals surface area (Å²) < 4.78 is 13.3. The van der Waals surface area contributed by atoms with E-state index in [1.165, 1.54) is 13.8 Å². The van der Waals surface area contributed by atoms with Crippen molar-refractivity contribution in [2.75, 3.05) is 11.1 Å². The monoisotopic (exact) mass is 610 g/mol. The van der Waals surface area contributed by atoms with Crippen LogP contribution in [0.5, 0.6) is 0 Å². The summed E-state index contributed by atoms with van der Waals surface area (Å²) in [5.74, 6) is 0.630. The molecule has 0 bridgehead atoms. The largest absolute Gasteiger partial charge is 0.392 e. The van der Waals surface area contributed by atoms with Gasteiger partial charge in [0.1, 0.15) is 0 Å². The molecule has 4 aromatic rings. The number of aliphatic hydroxyl groups is 1. The Labute approximate surface area is 263 Å². The van der Waals surface area contributed by atoms with Crippen LogP contribution in [0.3, 0.4) is 0 Å². The smallest absolute Gasteiger partial charge is 0.221 e. The predicted octanol–water partition coefficient (Wildman–Crippen LogP) is 7.02. The van der Waals surface area contributed by atoms with Crippen molar-refractivity contribution in [2.45, 2.75) is 57.3 Å². The normalized spacial score (nSPS) is 19.7. The maximum Gasteiger partial charge on any atom is 0.221 e. The summed E-state index contributed by atoms with van der Waals surface area (Å²) in [5.41, 5.74) is 6.74. The standard InChI is InChI=1S/C36H38N2O5S/c1-23-34(22-44-32-18-16-31(17-19-32)38-25(3)41)42-36(43-35(23)28-10-8-26(21-39)9-11-28)29-14-12-27(13-15-29)33-7-5-4-6-30(33)20-37-24(2)40/h4-19,23,34-36,39H,20-22H2,1-3H3,(H,37,40)(H,38,41)/t23-,34+,35+,36+/m1/s1. The van der Waals surface area contributed by atoms with Crippen molar-refractivity contribution in [2.24, 2.45) is 5.92 Å². The summed E-state index contributed by atoms with van der Waals surface area (Å²) in [6, 6.07) is 32.0. The van der Waals surface area contributed by atoms with Crippen LogP contribution in [-0.2, 0) is 32.2 Å². The second-order valence-electron chi connectivity index (χ2n) is 11.0. The highest BCUT2D eigenvalue weighted by atomic mass is 32.2. The number of anilines is 1. The van der Waals surface area contributed by atoms with Gasteiger partial charge in [-0.3, -0.25) is 9.59 Å². The average Bonchev–Trinajstić information content (AvgIpc) is 3.04. The molecule has 3 N–H and O–H groups in total. The molecule has 8 heteroatoms. The number of amides is 2. The Bertz CT molecular complexity index is 1560. The summed E-state index contributed by atoms with van der Waals surface area (Å²) in [6.07, 6.45) is -0.869. The summed E-state index contributed by atoms with van der Waals surface area (Å²) in [5, 5.41) is 15.2. The van der Waals surface area contributed by atoms with Crippen molar-refractivity contribution in [1.82, 2.24) is 5.32 Å². The molecular weight excluding hydrogens is 572 g/mol. The lowest BCUT2D eigenvalue weighted by atomic mass is 9.91.